The first-order valence-electron chi connectivity index (χ1n) is 12.9. The molecule has 184 valence electrons. The summed E-state index contributed by atoms with van der Waals surface area (Å²) in [6.45, 7) is 4.41. The van der Waals surface area contributed by atoms with E-state index in [1.54, 1.807) is 0 Å². The minimum absolute atomic E-state index is 0.420. The summed E-state index contributed by atoms with van der Waals surface area (Å²) in [5.41, 5.74) is 6.48. The second kappa shape index (κ2) is 8.89. The van der Waals surface area contributed by atoms with Gasteiger partial charge in [0.15, 0.2) is 0 Å². The first kappa shape index (κ1) is 22.3. The molecule has 0 unspecified atom stereocenters. The summed E-state index contributed by atoms with van der Waals surface area (Å²) in [6, 6.07) is 35.3. The molecule has 0 aliphatic heterocycles. The summed E-state index contributed by atoms with van der Waals surface area (Å²) in [5, 5.41) is 2.36. The van der Waals surface area contributed by atoms with Crippen molar-refractivity contribution >= 4 is 32.8 Å². The number of hydrogen-bond acceptors (Lipinski definition) is 3. The average Bonchev–Trinajstić information content (AvgIpc) is 3.52. The molecule has 0 spiro atoms. The minimum atomic E-state index is 0.420. The number of rotatable bonds is 5. The number of benzene rings is 4. The lowest BCUT2D eigenvalue weighted by molar-refractivity contribution is 0.483. The van der Waals surface area contributed by atoms with Crippen molar-refractivity contribution in [3.8, 4) is 23.0 Å². The van der Waals surface area contributed by atoms with Gasteiger partial charge >= 0.3 is 0 Å². The van der Waals surface area contributed by atoms with Gasteiger partial charge in [-0.1, -0.05) is 50.2 Å². The van der Waals surface area contributed by atoms with Gasteiger partial charge in [-0.2, -0.15) is 0 Å². The number of para-hydroxylation sites is 3. The highest BCUT2D eigenvalue weighted by molar-refractivity contribution is 6.09. The average molecular weight is 495 g/mol. The second-order valence-corrected chi connectivity index (χ2v) is 9.84. The van der Waals surface area contributed by atoms with E-state index in [0.717, 1.165) is 45.1 Å². The zero-order chi connectivity index (χ0) is 25.6. The van der Waals surface area contributed by atoms with Gasteiger partial charge in [0.05, 0.1) is 27.8 Å². The normalized spacial score (nSPS) is 11.7. The van der Waals surface area contributed by atoms with Crippen molar-refractivity contribution < 1.29 is 4.74 Å². The molecule has 0 fully saturated rings. The Bertz CT molecular complexity index is 1950. The van der Waals surface area contributed by atoms with Crippen molar-refractivity contribution in [2.45, 2.75) is 19.8 Å². The molecule has 38 heavy (non-hydrogen) atoms. The van der Waals surface area contributed by atoms with Crippen LogP contribution in [0, 0.1) is 0 Å². The van der Waals surface area contributed by atoms with Crippen molar-refractivity contribution in [3.05, 3.63) is 121 Å². The van der Waals surface area contributed by atoms with E-state index in [9.17, 15) is 0 Å². The lowest BCUT2D eigenvalue weighted by atomic mass is 10.1. The second-order valence-electron chi connectivity index (χ2n) is 9.84. The standard InChI is InChI=1S/C33H26N4O/c1-22(2)23-16-17-34-33(18-23)37-30-12-5-3-10-27(30)28-15-14-26(20-32(28)37)38-25-9-7-8-24(19-25)36-21-35-29-11-4-6-13-31(29)36/h3-22H,1-2H3. The maximum absolute atomic E-state index is 6.42. The Hall–Kier alpha value is -4.90. The number of imidazole rings is 1. The molecule has 5 nitrogen and oxygen atoms in total. The largest absolute Gasteiger partial charge is 0.457 e. The fraction of sp³-hybridized carbons (Fsp3) is 0.0909. The quantitative estimate of drug-likeness (QED) is 0.241. The fourth-order valence-corrected chi connectivity index (χ4v) is 5.17. The topological polar surface area (TPSA) is 44.9 Å². The van der Waals surface area contributed by atoms with Gasteiger partial charge in [-0.3, -0.25) is 9.13 Å². The number of fused-ring (bicyclic) bond motifs is 4. The molecule has 0 saturated carbocycles. The van der Waals surface area contributed by atoms with Crippen molar-refractivity contribution in [2.75, 3.05) is 0 Å². The van der Waals surface area contributed by atoms with Crippen LogP contribution in [0.2, 0.25) is 0 Å². The Balaban J connectivity index is 1.33. The molecule has 7 aromatic rings. The highest BCUT2D eigenvalue weighted by Crippen LogP contribution is 2.35. The van der Waals surface area contributed by atoms with Gasteiger partial charge < -0.3 is 4.74 Å². The lowest BCUT2D eigenvalue weighted by Gasteiger charge is -2.12. The zero-order valence-corrected chi connectivity index (χ0v) is 21.2. The van der Waals surface area contributed by atoms with Crippen LogP contribution in [0.15, 0.2) is 116 Å². The van der Waals surface area contributed by atoms with Gasteiger partial charge in [0.1, 0.15) is 23.6 Å². The summed E-state index contributed by atoms with van der Waals surface area (Å²) in [7, 11) is 0. The maximum Gasteiger partial charge on any atom is 0.137 e. The molecule has 0 amide bonds. The molecule has 0 saturated heterocycles. The number of aromatic nitrogens is 4. The first-order chi connectivity index (χ1) is 18.7. The molecule has 0 N–H and O–H groups in total. The van der Waals surface area contributed by atoms with Crippen LogP contribution in [0.5, 0.6) is 11.5 Å². The number of hydrogen-bond donors (Lipinski definition) is 0. The zero-order valence-electron chi connectivity index (χ0n) is 21.2. The third-order valence-electron chi connectivity index (χ3n) is 7.10. The Morgan fingerprint density at radius 1 is 0.658 bits per heavy atom. The van der Waals surface area contributed by atoms with Crippen LogP contribution in [0.1, 0.15) is 25.3 Å². The SMILES string of the molecule is CC(C)c1ccnc(-n2c3ccccc3c3ccc(Oc4cccc(-n5cnc6ccccc65)c4)cc32)c1. The van der Waals surface area contributed by atoms with Crippen LogP contribution in [0.25, 0.3) is 44.3 Å². The van der Waals surface area contributed by atoms with Gasteiger partial charge in [-0.15, -0.1) is 0 Å². The van der Waals surface area contributed by atoms with Gasteiger partial charge in [-0.25, -0.2) is 9.97 Å². The monoisotopic (exact) mass is 494 g/mol. The molecular weight excluding hydrogens is 468 g/mol. The van der Waals surface area contributed by atoms with E-state index >= 15 is 0 Å². The van der Waals surface area contributed by atoms with Crippen molar-refractivity contribution in [1.29, 1.82) is 0 Å². The Morgan fingerprint density at radius 2 is 1.45 bits per heavy atom. The molecule has 3 heterocycles. The minimum Gasteiger partial charge on any atom is -0.457 e. The summed E-state index contributed by atoms with van der Waals surface area (Å²) in [4.78, 5) is 9.29. The fourth-order valence-electron chi connectivity index (χ4n) is 5.17. The summed E-state index contributed by atoms with van der Waals surface area (Å²) in [6.07, 6.45) is 3.75. The van der Waals surface area contributed by atoms with Crippen LogP contribution in [-0.2, 0) is 0 Å². The third-order valence-corrected chi connectivity index (χ3v) is 7.10. The van der Waals surface area contributed by atoms with Gasteiger partial charge in [-0.05, 0) is 66.1 Å². The summed E-state index contributed by atoms with van der Waals surface area (Å²) < 4.78 is 10.7. The Kier molecular flexibility index (Phi) is 5.22. The van der Waals surface area contributed by atoms with E-state index in [1.165, 1.54) is 16.3 Å². The van der Waals surface area contributed by atoms with Crippen LogP contribution >= 0.6 is 0 Å². The highest BCUT2D eigenvalue weighted by Gasteiger charge is 2.15. The van der Waals surface area contributed by atoms with Crippen LogP contribution in [-0.4, -0.2) is 19.1 Å². The van der Waals surface area contributed by atoms with Gasteiger partial charge in [0, 0.05) is 29.1 Å². The molecule has 0 bridgehead atoms. The summed E-state index contributed by atoms with van der Waals surface area (Å²) >= 11 is 0. The van der Waals surface area contributed by atoms with Crippen molar-refractivity contribution in [1.82, 2.24) is 19.1 Å². The Labute approximate surface area is 220 Å². The molecule has 0 atom stereocenters. The molecule has 0 radical (unpaired) electrons. The lowest BCUT2D eigenvalue weighted by Crippen LogP contribution is -1.99. The predicted molar refractivity (Wildman–Crippen MR) is 154 cm³/mol. The smallest absolute Gasteiger partial charge is 0.137 e. The van der Waals surface area contributed by atoms with E-state index in [2.05, 4.69) is 88.6 Å². The Morgan fingerprint density at radius 3 is 2.34 bits per heavy atom. The van der Waals surface area contributed by atoms with E-state index < -0.39 is 0 Å². The van der Waals surface area contributed by atoms with Gasteiger partial charge in [0.25, 0.3) is 0 Å². The highest BCUT2D eigenvalue weighted by atomic mass is 16.5. The summed E-state index contributed by atoms with van der Waals surface area (Å²) in [5.74, 6) is 2.87. The first-order valence-corrected chi connectivity index (χ1v) is 12.9. The predicted octanol–water partition coefficient (Wildman–Crippen LogP) is 8.43. The van der Waals surface area contributed by atoms with Gasteiger partial charge in [0.2, 0.25) is 0 Å². The van der Waals surface area contributed by atoms with E-state index in [0.29, 0.717) is 5.92 Å². The number of nitrogens with zero attached hydrogens (tertiary/aromatic N) is 4. The maximum atomic E-state index is 6.42. The molecule has 5 heteroatoms. The van der Waals surface area contributed by atoms with Crippen molar-refractivity contribution in [2.24, 2.45) is 0 Å². The van der Waals surface area contributed by atoms with Crippen molar-refractivity contribution in [3.63, 3.8) is 0 Å². The molecule has 0 aliphatic rings. The van der Waals surface area contributed by atoms with E-state index in [1.807, 2.05) is 55.0 Å². The van der Waals surface area contributed by atoms with E-state index in [-0.39, 0.29) is 0 Å². The molecular formula is C33H26N4O. The molecule has 0 aliphatic carbocycles. The number of ether oxygens (including phenoxy) is 1. The number of pyridine rings is 1. The van der Waals surface area contributed by atoms with E-state index in [4.69, 9.17) is 9.72 Å². The van der Waals surface area contributed by atoms with Crippen LogP contribution < -0.4 is 4.74 Å². The molecule has 3 aromatic heterocycles. The third kappa shape index (κ3) is 3.71. The molecule has 7 rings (SSSR count). The van der Waals surface area contributed by atoms with Crippen LogP contribution in [0.3, 0.4) is 0 Å². The molecule has 4 aromatic carbocycles. The van der Waals surface area contributed by atoms with Crippen LogP contribution in [0.4, 0.5) is 0 Å².